The lowest BCUT2D eigenvalue weighted by Crippen LogP contribution is -2.42. The van der Waals surface area contributed by atoms with Gasteiger partial charge in [0.1, 0.15) is 0 Å². The third-order valence-corrected chi connectivity index (χ3v) is 2.98. The Labute approximate surface area is 122 Å². The molecule has 0 aromatic rings. The van der Waals surface area contributed by atoms with Crippen LogP contribution in [0, 0.1) is 5.92 Å². The maximum Gasteiger partial charge on any atom is 0.315 e. The Balaban J connectivity index is 2.11. The van der Waals surface area contributed by atoms with Gasteiger partial charge in [-0.25, -0.2) is 4.79 Å². The van der Waals surface area contributed by atoms with Gasteiger partial charge in [-0.1, -0.05) is 12.2 Å². The number of rotatable bonds is 8. The average Bonchev–Trinajstić information content (AvgIpc) is 2.87. The molecule has 4 N–H and O–H groups in total. The molecule has 0 aliphatic heterocycles. The average molecular weight is 299 g/mol. The molecule has 1 aliphatic rings. The van der Waals surface area contributed by atoms with Crippen LogP contribution in [0.15, 0.2) is 12.2 Å². The van der Waals surface area contributed by atoms with Crippen LogP contribution in [0.1, 0.15) is 12.8 Å². The van der Waals surface area contributed by atoms with Crippen molar-refractivity contribution in [1.29, 1.82) is 0 Å². The summed E-state index contributed by atoms with van der Waals surface area (Å²) in [5.41, 5.74) is 0. The van der Waals surface area contributed by atoms with Gasteiger partial charge in [0.2, 0.25) is 5.91 Å². The van der Waals surface area contributed by atoms with Crippen LogP contribution in [0.3, 0.4) is 0 Å². The summed E-state index contributed by atoms with van der Waals surface area (Å²) in [5.74, 6) is -1.62. The number of hydrogen-bond acceptors (Lipinski definition) is 4. The molecule has 8 nitrogen and oxygen atoms in total. The summed E-state index contributed by atoms with van der Waals surface area (Å²) in [4.78, 5) is 33.7. The fourth-order valence-corrected chi connectivity index (χ4v) is 1.88. The predicted molar refractivity (Wildman–Crippen MR) is 74.7 cm³/mol. The summed E-state index contributed by atoms with van der Waals surface area (Å²) in [6.45, 7) is 1.09. The maximum absolute atomic E-state index is 11.6. The molecular formula is C13H21N3O5. The normalized spacial score (nSPS) is 20.0. The molecule has 2 atom stereocenters. The Morgan fingerprint density at radius 2 is 2.00 bits per heavy atom. The molecule has 1 aliphatic carbocycles. The highest BCUT2D eigenvalue weighted by Crippen LogP contribution is 2.17. The zero-order valence-corrected chi connectivity index (χ0v) is 11.9. The molecule has 0 heterocycles. The van der Waals surface area contributed by atoms with E-state index in [2.05, 4.69) is 16.0 Å². The highest BCUT2D eigenvalue weighted by molar-refractivity contribution is 5.78. The minimum absolute atomic E-state index is 0.168. The van der Waals surface area contributed by atoms with Gasteiger partial charge in [0.15, 0.2) is 0 Å². The number of nitrogens with one attached hydrogen (secondary N) is 3. The third-order valence-electron chi connectivity index (χ3n) is 2.98. The van der Waals surface area contributed by atoms with E-state index in [9.17, 15) is 14.4 Å². The van der Waals surface area contributed by atoms with Gasteiger partial charge in [0.05, 0.1) is 18.6 Å². The first-order chi connectivity index (χ1) is 10.0. The fourth-order valence-electron chi connectivity index (χ4n) is 1.88. The Kier molecular flexibility index (Phi) is 7.24. The molecule has 2 unspecified atom stereocenters. The van der Waals surface area contributed by atoms with Gasteiger partial charge in [-0.05, 0) is 6.42 Å². The third kappa shape index (κ3) is 6.75. The first-order valence-electron chi connectivity index (χ1n) is 6.74. The standard InChI is InChI=1S/C13H21N3O5/c1-21-7-6-14-11(17)4-5-15-13(20)16-10-3-2-9(8-10)12(18)19/h2-3,9-10H,4-8H2,1H3,(H,14,17)(H,18,19)(H2,15,16,20). The van der Waals surface area contributed by atoms with Crippen molar-refractivity contribution in [3.8, 4) is 0 Å². The molecule has 118 valence electrons. The van der Waals surface area contributed by atoms with Crippen molar-refractivity contribution in [3.05, 3.63) is 12.2 Å². The largest absolute Gasteiger partial charge is 0.481 e. The van der Waals surface area contributed by atoms with Gasteiger partial charge in [-0.3, -0.25) is 9.59 Å². The van der Waals surface area contributed by atoms with Crippen LogP contribution >= 0.6 is 0 Å². The number of carboxylic acid groups (broad SMARTS) is 1. The second kappa shape index (κ2) is 8.96. The van der Waals surface area contributed by atoms with Crippen LogP contribution in [0.5, 0.6) is 0 Å². The van der Waals surface area contributed by atoms with Crippen LogP contribution < -0.4 is 16.0 Å². The van der Waals surface area contributed by atoms with Gasteiger partial charge in [0, 0.05) is 26.6 Å². The van der Waals surface area contributed by atoms with Crippen molar-refractivity contribution in [2.24, 2.45) is 5.92 Å². The molecule has 21 heavy (non-hydrogen) atoms. The lowest BCUT2D eigenvalue weighted by molar-refractivity contribution is -0.140. The predicted octanol–water partition coefficient (Wildman–Crippen LogP) is -0.532. The molecule has 0 aromatic heterocycles. The zero-order chi connectivity index (χ0) is 15.7. The highest BCUT2D eigenvalue weighted by atomic mass is 16.5. The number of hydrogen-bond donors (Lipinski definition) is 4. The van der Waals surface area contributed by atoms with Crippen molar-refractivity contribution >= 4 is 17.9 Å². The van der Waals surface area contributed by atoms with E-state index in [-0.39, 0.29) is 24.9 Å². The van der Waals surface area contributed by atoms with Gasteiger partial charge >= 0.3 is 12.0 Å². The second-order valence-electron chi connectivity index (χ2n) is 4.66. The van der Waals surface area contributed by atoms with Crippen molar-refractivity contribution in [2.75, 3.05) is 26.8 Å². The van der Waals surface area contributed by atoms with Crippen molar-refractivity contribution in [3.63, 3.8) is 0 Å². The number of ether oxygens (including phenoxy) is 1. The topological polar surface area (TPSA) is 117 Å². The molecule has 0 radical (unpaired) electrons. The molecule has 0 aromatic carbocycles. The summed E-state index contributed by atoms with van der Waals surface area (Å²) < 4.78 is 4.79. The molecule has 0 saturated heterocycles. The van der Waals surface area contributed by atoms with Gasteiger partial charge in [0.25, 0.3) is 0 Å². The van der Waals surface area contributed by atoms with Gasteiger partial charge in [-0.15, -0.1) is 0 Å². The molecule has 0 bridgehead atoms. The van der Waals surface area contributed by atoms with E-state index < -0.39 is 17.9 Å². The number of carbonyl (C=O) groups excluding carboxylic acids is 2. The van der Waals surface area contributed by atoms with Crippen LogP contribution in [0.4, 0.5) is 4.79 Å². The molecule has 8 heteroatoms. The van der Waals surface area contributed by atoms with Crippen molar-refractivity contribution < 1.29 is 24.2 Å². The Hall–Kier alpha value is -2.09. The summed E-state index contributed by atoms with van der Waals surface area (Å²) in [6, 6.07) is -0.706. The van der Waals surface area contributed by atoms with Crippen LogP contribution in [-0.2, 0) is 14.3 Å². The second-order valence-corrected chi connectivity index (χ2v) is 4.66. The van der Waals surface area contributed by atoms with Crippen LogP contribution in [0.2, 0.25) is 0 Å². The molecule has 0 saturated carbocycles. The van der Waals surface area contributed by atoms with E-state index in [1.54, 1.807) is 19.3 Å². The number of urea groups is 1. The number of carboxylic acids is 1. The molecule has 3 amide bonds. The minimum Gasteiger partial charge on any atom is -0.481 e. The van der Waals surface area contributed by atoms with Crippen molar-refractivity contribution in [1.82, 2.24) is 16.0 Å². The highest BCUT2D eigenvalue weighted by Gasteiger charge is 2.25. The summed E-state index contributed by atoms with van der Waals surface area (Å²) in [5, 5.41) is 16.6. The minimum atomic E-state index is -0.899. The van der Waals surface area contributed by atoms with Crippen LogP contribution in [-0.4, -0.2) is 55.9 Å². The lowest BCUT2D eigenvalue weighted by Gasteiger charge is -2.13. The molecule has 0 spiro atoms. The van der Waals surface area contributed by atoms with E-state index in [0.717, 1.165) is 0 Å². The Morgan fingerprint density at radius 3 is 2.62 bits per heavy atom. The Bertz CT molecular complexity index is 411. The quantitative estimate of drug-likeness (QED) is 0.355. The zero-order valence-electron chi connectivity index (χ0n) is 11.9. The number of carbonyl (C=O) groups is 3. The van der Waals surface area contributed by atoms with E-state index >= 15 is 0 Å². The maximum atomic E-state index is 11.6. The SMILES string of the molecule is COCCNC(=O)CCNC(=O)NC1C=CC(C(=O)O)C1. The van der Waals surface area contributed by atoms with E-state index in [1.165, 1.54) is 0 Å². The first-order valence-corrected chi connectivity index (χ1v) is 6.74. The van der Waals surface area contributed by atoms with E-state index in [1.807, 2.05) is 0 Å². The van der Waals surface area contributed by atoms with Crippen LogP contribution in [0.25, 0.3) is 0 Å². The van der Waals surface area contributed by atoms with Gasteiger partial charge in [-0.2, -0.15) is 0 Å². The first kappa shape index (κ1) is 17.0. The summed E-state index contributed by atoms with van der Waals surface area (Å²) >= 11 is 0. The summed E-state index contributed by atoms with van der Waals surface area (Å²) in [7, 11) is 1.55. The number of amides is 3. The van der Waals surface area contributed by atoms with E-state index in [4.69, 9.17) is 9.84 Å². The van der Waals surface area contributed by atoms with Crippen molar-refractivity contribution in [2.45, 2.75) is 18.9 Å². The monoisotopic (exact) mass is 299 g/mol. The Morgan fingerprint density at radius 1 is 1.24 bits per heavy atom. The molecule has 1 rings (SSSR count). The number of aliphatic carboxylic acids is 1. The summed E-state index contributed by atoms with van der Waals surface area (Å²) in [6.07, 6.45) is 3.75. The van der Waals surface area contributed by atoms with Gasteiger partial charge < -0.3 is 25.8 Å². The fraction of sp³-hybridized carbons (Fsp3) is 0.615. The molecular weight excluding hydrogens is 278 g/mol. The van der Waals surface area contributed by atoms with E-state index in [0.29, 0.717) is 19.6 Å². The smallest absolute Gasteiger partial charge is 0.315 e. The number of methoxy groups -OCH3 is 1. The molecule has 0 fully saturated rings. The lowest BCUT2D eigenvalue weighted by atomic mass is 10.1.